The van der Waals surface area contributed by atoms with Gasteiger partial charge in [-0.15, -0.1) is 12.4 Å². The van der Waals surface area contributed by atoms with Gasteiger partial charge in [-0.25, -0.2) is 4.39 Å². The number of hydrogen-bond acceptors (Lipinski definition) is 5. The second kappa shape index (κ2) is 10.5. The summed E-state index contributed by atoms with van der Waals surface area (Å²) in [6.45, 7) is 4.38. The fraction of sp³-hybridized carbons (Fsp3) is 0.550. The molecule has 1 fully saturated rings. The molecule has 1 amide bonds. The van der Waals surface area contributed by atoms with Crippen molar-refractivity contribution in [1.82, 2.24) is 20.4 Å². The minimum absolute atomic E-state index is 0. The van der Waals surface area contributed by atoms with Crippen molar-refractivity contribution in [3.05, 3.63) is 35.5 Å². The Balaban J connectivity index is 0.00000280. The number of amides is 1. The SMILES string of the molecule is CNCCC1CCN(C(=O)CCc2nc(-c3ccc(C)c(F)c3)no2)CC1.Cl. The maximum absolute atomic E-state index is 13.7. The van der Waals surface area contributed by atoms with Crippen LogP contribution in [0.4, 0.5) is 4.39 Å². The predicted molar refractivity (Wildman–Crippen MR) is 108 cm³/mol. The summed E-state index contributed by atoms with van der Waals surface area (Å²) in [5.41, 5.74) is 1.14. The van der Waals surface area contributed by atoms with Crippen LogP contribution < -0.4 is 5.32 Å². The fourth-order valence-electron chi connectivity index (χ4n) is 3.40. The summed E-state index contributed by atoms with van der Waals surface area (Å²) in [7, 11) is 1.97. The zero-order valence-electron chi connectivity index (χ0n) is 16.4. The number of benzene rings is 1. The summed E-state index contributed by atoms with van der Waals surface area (Å²) < 4.78 is 18.9. The van der Waals surface area contributed by atoms with Crippen molar-refractivity contribution >= 4 is 18.3 Å². The Morgan fingerprint density at radius 3 is 2.79 bits per heavy atom. The molecular weight excluding hydrogens is 383 g/mol. The first-order valence-electron chi connectivity index (χ1n) is 9.58. The molecule has 2 aromatic rings. The summed E-state index contributed by atoms with van der Waals surface area (Å²) in [4.78, 5) is 18.7. The van der Waals surface area contributed by atoms with Crippen LogP contribution in [0.1, 0.15) is 37.1 Å². The van der Waals surface area contributed by atoms with Crippen LogP contribution in [0.15, 0.2) is 22.7 Å². The van der Waals surface area contributed by atoms with E-state index in [1.165, 1.54) is 12.5 Å². The summed E-state index contributed by atoms with van der Waals surface area (Å²) in [6.07, 6.45) is 4.06. The highest BCUT2D eigenvalue weighted by Crippen LogP contribution is 2.22. The minimum Gasteiger partial charge on any atom is -0.343 e. The molecule has 1 N–H and O–H groups in total. The quantitative estimate of drug-likeness (QED) is 0.757. The van der Waals surface area contributed by atoms with Crippen molar-refractivity contribution in [1.29, 1.82) is 0 Å². The Hall–Kier alpha value is -1.99. The van der Waals surface area contributed by atoms with Gasteiger partial charge in [-0.1, -0.05) is 17.3 Å². The van der Waals surface area contributed by atoms with E-state index in [1.807, 2.05) is 11.9 Å². The molecule has 8 heteroatoms. The molecule has 3 rings (SSSR count). The lowest BCUT2D eigenvalue weighted by Gasteiger charge is -2.32. The van der Waals surface area contributed by atoms with Crippen molar-refractivity contribution in [2.45, 2.75) is 39.0 Å². The van der Waals surface area contributed by atoms with Crippen LogP contribution in [0.3, 0.4) is 0 Å². The maximum atomic E-state index is 13.7. The number of likely N-dealkylation sites (tertiary alicyclic amines) is 1. The van der Waals surface area contributed by atoms with Crippen LogP contribution in [0, 0.1) is 18.7 Å². The van der Waals surface area contributed by atoms with Gasteiger partial charge in [-0.3, -0.25) is 4.79 Å². The van der Waals surface area contributed by atoms with Gasteiger partial charge in [0.2, 0.25) is 17.6 Å². The van der Waals surface area contributed by atoms with Gasteiger partial charge in [-0.05, 0) is 57.3 Å². The minimum atomic E-state index is -0.299. The van der Waals surface area contributed by atoms with Gasteiger partial charge >= 0.3 is 0 Å². The number of carbonyl (C=O) groups excluding carboxylic acids is 1. The third-order valence-electron chi connectivity index (χ3n) is 5.22. The molecule has 1 aliphatic rings. The van der Waals surface area contributed by atoms with E-state index in [-0.39, 0.29) is 24.1 Å². The van der Waals surface area contributed by atoms with E-state index in [4.69, 9.17) is 4.52 Å². The number of hydrogen-bond donors (Lipinski definition) is 1. The highest BCUT2D eigenvalue weighted by Gasteiger charge is 2.22. The maximum Gasteiger partial charge on any atom is 0.227 e. The first-order chi connectivity index (χ1) is 13.1. The second-order valence-corrected chi connectivity index (χ2v) is 7.19. The lowest BCUT2D eigenvalue weighted by Crippen LogP contribution is -2.39. The van der Waals surface area contributed by atoms with Crippen LogP contribution in [-0.4, -0.2) is 47.6 Å². The van der Waals surface area contributed by atoms with Gasteiger partial charge < -0.3 is 14.7 Å². The van der Waals surface area contributed by atoms with Crippen LogP contribution in [-0.2, 0) is 11.2 Å². The van der Waals surface area contributed by atoms with Crippen molar-refractivity contribution < 1.29 is 13.7 Å². The number of nitrogens with one attached hydrogen (secondary N) is 1. The molecular formula is C20H28ClFN4O2. The molecule has 2 heterocycles. The molecule has 154 valence electrons. The Labute approximate surface area is 171 Å². The average Bonchev–Trinajstić information content (AvgIpc) is 3.16. The topological polar surface area (TPSA) is 71.3 Å². The largest absolute Gasteiger partial charge is 0.343 e. The van der Waals surface area contributed by atoms with E-state index in [0.29, 0.717) is 41.6 Å². The van der Waals surface area contributed by atoms with E-state index in [2.05, 4.69) is 15.5 Å². The molecule has 1 aromatic heterocycles. The smallest absolute Gasteiger partial charge is 0.227 e. The third-order valence-corrected chi connectivity index (χ3v) is 5.22. The van der Waals surface area contributed by atoms with Crippen molar-refractivity contribution in [2.75, 3.05) is 26.7 Å². The van der Waals surface area contributed by atoms with Crippen LogP contribution >= 0.6 is 12.4 Å². The van der Waals surface area contributed by atoms with Crippen LogP contribution in [0.5, 0.6) is 0 Å². The first-order valence-corrected chi connectivity index (χ1v) is 9.58. The Morgan fingerprint density at radius 2 is 2.11 bits per heavy atom. The Bertz CT molecular complexity index is 775. The molecule has 0 atom stereocenters. The first kappa shape index (κ1) is 22.3. The van der Waals surface area contributed by atoms with Gasteiger partial charge in [0, 0.05) is 31.5 Å². The van der Waals surface area contributed by atoms with E-state index < -0.39 is 0 Å². The van der Waals surface area contributed by atoms with E-state index in [0.717, 1.165) is 32.5 Å². The summed E-state index contributed by atoms with van der Waals surface area (Å²) >= 11 is 0. The van der Waals surface area contributed by atoms with Crippen LogP contribution in [0.2, 0.25) is 0 Å². The lowest BCUT2D eigenvalue weighted by molar-refractivity contribution is -0.132. The van der Waals surface area contributed by atoms with Crippen molar-refractivity contribution in [3.63, 3.8) is 0 Å². The number of carbonyl (C=O) groups is 1. The number of aryl methyl sites for hydroxylation is 2. The molecule has 1 aliphatic heterocycles. The fourth-order valence-corrected chi connectivity index (χ4v) is 3.40. The molecule has 0 saturated carbocycles. The van der Waals surface area contributed by atoms with Gasteiger partial charge in [0.1, 0.15) is 5.82 Å². The zero-order valence-corrected chi connectivity index (χ0v) is 17.2. The van der Waals surface area contributed by atoms with Crippen molar-refractivity contribution in [3.8, 4) is 11.4 Å². The summed E-state index contributed by atoms with van der Waals surface area (Å²) in [5.74, 6) is 1.29. The highest BCUT2D eigenvalue weighted by atomic mass is 35.5. The predicted octanol–water partition coefficient (Wildman–Crippen LogP) is 3.39. The van der Waals surface area contributed by atoms with Gasteiger partial charge in [0.05, 0.1) is 0 Å². The molecule has 1 saturated heterocycles. The lowest BCUT2D eigenvalue weighted by atomic mass is 9.93. The number of rotatable bonds is 7. The molecule has 0 bridgehead atoms. The summed E-state index contributed by atoms with van der Waals surface area (Å²) in [5, 5.41) is 7.08. The Kier molecular flexibility index (Phi) is 8.38. The zero-order chi connectivity index (χ0) is 19.2. The summed E-state index contributed by atoms with van der Waals surface area (Å²) in [6, 6.07) is 4.84. The number of piperidine rings is 1. The molecule has 0 spiro atoms. The van der Waals surface area contributed by atoms with Crippen LogP contribution in [0.25, 0.3) is 11.4 Å². The molecule has 1 aromatic carbocycles. The molecule has 0 unspecified atom stereocenters. The Morgan fingerprint density at radius 1 is 1.36 bits per heavy atom. The van der Waals surface area contributed by atoms with Crippen molar-refractivity contribution in [2.24, 2.45) is 5.92 Å². The number of halogens is 2. The van der Waals surface area contributed by atoms with E-state index in [9.17, 15) is 9.18 Å². The third kappa shape index (κ3) is 5.75. The number of aromatic nitrogens is 2. The molecule has 0 radical (unpaired) electrons. The van der Waals surface area contributed by atoms with Gasteiger partial charge in [-0.2, -0.15) is 4.98 Å². The monoisotopic (exact) mass is 410 g/mol. The highest BCUT2D eigenvalue weighted by molar-refractivity contribution is 5.85. The normalized spacial score (nSPS) is 14.8. The number of nitrogens with zero attached hydrogens (tertiary/aromatic N) is 3. The molecule has 28 heavy (non-hydrogen) atoms. The standard InChI is InChI=1S/C20H27FN4O2.ClH/c1-14-3-4-16(13-17(14)21)20-23-18(27-24-20)5-6-19(26)25-11-8-15(9-12-25)7-10-22-2;/h3-4,13,15,22H,5-12H2,1-2H3;1H. The van der Waals surface area contributed by atoms with E-state index in [1.54, 1.807) is 19.1 Å². The van der Waals surface area contributed by atoms with Gasteiger partial charge in [0.25, 0.3) is 0 Å². The molecule has 0 aliphatic carbocycles. The molecule has 6 nitrogen and oxygen atoms in total. The average molecular weight is 411 g/mol. The van der Waals surface area contributed by atoms with E-state index >= 15 is 0 Å². The second-order valence-electron chi connectivity index (χ2n) is 7.19. The van der Waals surface area contributed by atoms with Gasteiger partial charge in [0.15, 0.2) is 0 Å².